The van der Waals surface area contributed by atoms with Crippen LogP contribution >= 0.6 is 0 Å². The van der Waals surface area contributed by atoms with E-state index in [9.17, 15) is 18.0 Å². The number of carbonyl (C=O) groups excluding carboxylic acids is 1. The van der Waals surface area contributed by atoms with Crippen LogP contribution in [0, 0.1) is 0 Å². The highest BCUT2D eigenvalue weighted by Gasteiger charge is 2.41. The van der Waals surface area contributed by atoms with Crippen molar-refractivity contribution < 1.29 is 18.0 Å². The maximum Gasteiger partial charge on any atom is 0.421 e. The molecule has 2 bridgehead atoms. The Labute approximate surface area is 208 Å². The van der Waals surface area contributed by atoms with E-state index in [0.29, 0.717) is 38.0 Å². The zero-order chi connectivity index (χ0) is 25.4. The van der Waals surface area contributed by atoms with E-state index < -0.39 is 11.7 Å². The second-order valence-electron chi connectivity index (χ2n) is 9.82. The molecule has 2 N–H and O–H groups in total. The van der Waals surface area contributed by atoms with Crippen molar-refractivity contribution in [2.45, 2.75) is 50.9 Å². The Bertz CT molecular complexity index is 1120. The number of hydrogen-bond acceptors (Lipinski definition) is 7. The Hall–Kier alpha value is -3.08. The fraction of sp³-hybridized carbons (Fsp3) is 0.560. The molecule has 2 unspecified atom stereocenters. The topological polar surface area (TPSA) is 76.6 Å². The molecule has 11 heteroatoms. The minimum absolute atomic E-state index is 0.0850. The monoisotopic (exact) mass is 503 g/mol. The second-order valence-corrected chi connectivity index (χ2v) is 9.82. The van der Waals surface area contributed by atoms with E-state index in [4.69, 9.17) is 0 Å². The van der Waals surface area contributed by atoms with Gasteiger partial charge in [0.1, 0.15) is 11.4 Å². The SMILES string of the molecule is CCc1cc(N2CC3CC2CN3C)ccc1Nc1ncc(C(F)(F)F)c(NCCCN2CCC2=O)n1. The van der Waals surface area contributed by atoms with E-state index in [1.807, 2.05) is 6.07 Å². The maximum atomic E-state index is 13.6. The van der Waals surface area contributed by atoms with Gasteiger partial charge in [-0.15, -0.1) is 0 Å². The first kappa shape index (κ1) is 24.6. The van der Waals surface area contributed by atoms with Crippen LogP contribution in [0.3, 0.4) is 0 Å². The van der Waals surface area contributed by atoms with Crippen molar-refractivity contribution in [1.29, 1.82) is 0 Å². The van der Waals surface area contributed by atoms with Crippen LogP contribution in [-0.2, 0) is 17.4 Å². The number of carbonyl (C=O) groups is 1. The van der Waals surface area contributed by atoms with E-state index in [2.05, 4.69) is 56.5 Å². The Balaban J connectivity index is 1.29. The van der Waals surface area contributed by atoms with Gasteiger partial charge in [-0.1, -0.05) is 6.92 Å². The van der Waals surface area contributed by atoms with E-state index in [0.717, 1.165) is 37.0 Å². The summed E-state index contributed by atoms with van der Waals surface area (Å²) in [6.45, 7) is 5.63. The number of β-lactam (4-membered cyclic amide) rings is 1. The molecule has 3 fully saturated rings. The third kappa shape index (κ3) is 4.93. The molecule has 2 aromatic rings. The number of nitrogens with one attached hydrogen (secondary N) is 2. The predicted molar refractivity (Wildman–Crippen MR) is 133 cm³/mol. The summed E-state index contributed by atoms with van der Waals surface area (Å²) in [4.78, 5) is 26.1. The quantitative estimate of drug-likeness (QED) is 0.399. The highest BCUT2D eigenvalue weighted by Crippen LogP contribution is 2.37. The summed E-state index contributed by atoms with van der Waals surface area (Å²) in [5.41, 5.74) is 2.10. The first-order valence-electron chi connectivity index (χ1n) is 12.6. The number of likely N-dealkylation sites (tertiary alicyclic amines) is 2. The molecule has 2 atom stereocenters. The number of piperazine rings is 1. The van der Waals surface area contributed by atoms with Crippen LogP contribution in [0.2, 0.25) is 0 Å². The molecule has 0 saturated carbocycles. The Morgan fingerprint density at radius 2 is 2.03 bits per heavy atom. The van der Waals surface area contributed by atoms with Crippen molar-refractivity contribution >= 4 is 29.0 Å². The number of fused-ring (bicyclic) bond motifs is 2. The molecule has 1 aromatic heterocycles. The van der Waals surface area contributed by atoms with E-state index in [1.165, 1.54) is 12.1 Å². The maximum absolute atomic E-state index is 13.6. The minimum atomic E-state index is -4.58. The van der Waals surface area contributed by atoms with Gasteiger partial charge in [-0.2, -0.15) is 18.2 Å². The van der Waals surface area contributed by atoms with Gasteiger partial charge in [0.25, 0.3) is 0 Å². The molecule has 0 aliphatic carbocycles. The molecule has 194 valence electrons. The van der Waals surface area contributed by atoms with Gasteiger partial charge in [0, 0.05) is 68.8 Å². The van der Waals surface area contributed by atoms with E-state index in [1.54, 1.807) is 4.90 Å². The van der Waals surface area contributed by atoms with Gasteiger partial charge in [0.2, 0.25) is 11.9 Å². The van der Waals surface area contributed by atoms with Gasteiger partial charge < -0.3 is 20.4 Å². The molecule has 3 aliphatic heterocycles. The smallest absolute Gasteiger partial charge is 0.369 e. The summed E-state index contributed by atoms with van der Waals surface area (Å²) in [5, 5.41) is 5.92. The number of anilines is 4. The van der Waals surface area contributed by atoms with Crippen LogP contribution in [0.15, 0.2) is 24.4 Å². The van der Waals surface area contributed by atoms with Crippen LogP contribution in [0.1, 0.15) is 37.3 Å². The molecule has 1 aromatic carbocycles. The Morgan fingerprint density at radius 3 is 2.64 bits per heavy atom. The number of amides is 1. The highest BCUT2D eigenvalue weighted by molar-refractivity contribution is 5.81. The lowest BCUT2D eigenvalue weighted by atomic mass is 10.1. The molecule has 0 radical (unpaired) electrons. The van der Waals surface area contributed by atoms with Gasteiger partial charge in [-0.05, 0) is 50.1 Å². The number of benzene rings is 1. The number of aromatic nitrogens is 2. The molecule has 3 saturated heterocycles. The number of rotatable bonds is 9. The second kappa shape index (κ2) is 9.76. The molecular formula is C25H32F3N7O. The Morgan fingerprint density at radius 1 is 1.19 bits per heavy atom. The van der Waals surface area contributed by atoms with Crippen LogP contribution < -0.4 is 15.5 Å². The zero-order valence-corrected chi connectivity index (χ0v) is 20.6. The van der Waals surface area contributed by atoms with Crippen molar-refractivity contribution in [1.82, 2.24) is 19.8 Å². The number of likely N-dealkylation sites (N-methyl/N-ethyl adjacent to an activating group) is 1. The van der Waals surface area contributed by atoms with Crippen molar-refractivity contribution in [3.8, 4) is 0 Å². The molecule has 5 rings (SSSR count). The first-order valence-corrected chi connectivity index (χ1v) is 12.6. The average molecular weight is 504 g/mol. The van der Waals surface area contributed by atoms with Crippen molar-refractivity contribution in [2.75, 3.05) is 55.3 Å². The minimum Gasteiger partial charge on any atom is -0.369 e. The molecule has 4 heterocycles. The molecule has 36 heavy (non-hydrogen) atoms. The molecule has 0 spiro atoms. The van der Waals surface area contributed by atoms with Crippen LogP contribution in [0.25, 0.3) is 0 Å². The normalized spacial score (nSPS) is 21.8. The number of aryl methyl sites for hydroxylation is 1. The van der Waals surface area contributed by atoms with Gasteiger partial charge in [0.15, 0.2) is 0 Å². The van der Waals surface area contributed by atoms with Crippen molar-refractivity contribution in [3.05, 3.63) is 35.5 Å². The molecular weight excluding hydrogens is 471 g/mol. The van der Waals surface area contributed by atoms with Gasteiger partial charge >= 0.3 is 6.18 Å². The van der Waals surface area contributed by atoms with Crippen molar-refractivity contribution in [3.63, 3.8) is 0 Å². The van der Waals surface area contributed by atoms with Crippen LogP contribution in [0.4, 0.5) is 36.3 Å². The third-order valence-electron chi connectivity index (χ3n) is 7.50. The fourth-order valence-electron chi connectivity index (χ4n) is 5.33. The van der Waals surface area contributed by atoms with Crippen LogP contribution in [-0.4, -0.2) is 77.5 Å². The standard InChI is InChI=1S/C25H32F3N7O/c1-3-16-11-17(35-15-18-12-19(35)14-33(18)2)5-6-21(16)31-24-30-13-20(25(26,27)28)23(32-24)29-8-4-9-34-10-7-22(34)36/h5-6,11,13,18-19H,3-4,7-10,12,14-15H2,1-2H3,(H2,29,30,31,32). The number of halogens is 3. The predicted octanol–water partition coefficient (Wildman–Crippen LogP) is 3.73. The summed E-state index contributed by atoms with van der Waals surface area (Å²) < 4.78 is 40.7. The van der Waals surface area contributed by atoms with Crippen molar-refractivity contribution in [2.24, 2.45) is 0 Å². The number of nitrogens with zero attached hydrogens (tertiary/aromatic N) is 5. The number of alkyl halides is 3. The first-order chi connectivity index (χ1) is 17.2. The lowest BCUT2D eigenvalue weighted by Gasteiger charge is -2.34. The summed E-state index contributed by atoms with van der Waals surface area (Å²) in [6, 6.07) is 7.29. The molecule has 1 amide bonds. The largest absolute Gasteiger partial charge is 0.421 e. The lowest BCUT2D eigenvalue weighted by molar-refractivity contribution is -0.139. The fourth-order valence-corrected chi connectivity index (χ4v) is 5.33. The lowest BCUT2D eigenvalue weighted by Crippen LogP contribution is -2.44. The average Bonchev–Trinajstić information content (AvgIpc) is 3.42. The van der Waals surface area contributed by atoms with Crippen LogP contribution in [0.5, 0.6) is 0 Å². The van der Waals surface area contributed by atoms with E-state index >= 15 is 0 Å². The summed E-state index contributed by atoms with van der Waals surface area (Å²) >= 11 is 0. The van der Waals surface area contributed by atoms with Gasteiger partial charge in [-0.3, -0.25) is 9.69 Å². The summed E-state index contributed by atoms with van der Waals surface area (Å²) in [5.74, 6) is -0.0728. The zero-order valence-electron chi connectivity index (χ0n) is 20.6. The summed E-state index contributed by atoms with van der Waals surface area (Å²) in [6.07, 6.45) is -0.739. The number of hydrogen-bond donors (Lipinski definition) is 2. The third-order valence-corrected chi connectivity index (χ3v) is 7.50. The van der Waals surface area contributed by atoms with Gasteiger partial charge in [0.05, 0.1) is 0 Å². The molecule has 8 nitrogen and oxygen atoms in total. The van der Waals surface area contributed by atoms with Gasteiger partial charge in [-0.25, -0.2) is 4.98 Å². The Kier molecular flexibility index (Phi) is 6.67. The highest BCUT2D eigenvalue weighted by atomic mass is 19.4. The molecule has 3 aliphatic rings. The van der Waals surface area contributed by atoms with E-state index in [-0.39, 0.29) is 24.2 Å². The summed E-state index contributed by atoms with van der Waals surface area (Å²) in [7, 11) is 2.17.